The van der Waals surface area contributed by atoms with Gasteiger partial charge in [-0.1, -0.05) is 23.7 Å². The SMILES string of the molecule is COC1(C)CN(c2nc(N(C)[C@H](C)c3cccnc3N)c3cc(Cl)c(-c4ccc(F)c5sc(N)c(C#N)c45)c(F)c3n2)C1. The zero-order valence-corrected chi connectivity index (χ0v) is 25.3. The van der Waals surface area contributed by atoms with E-state index in [1.165, 1.54) is 12.1 Å². The topological polar surface area (TPSA) is 130 Å². The number of rotatable bonds is 6. The fraction of sp³-hybridized carbons (Fsp3) is 0.267. The van der Waals surface area contributed by atoms with Crippen molar-refractivity contribution >= 4 is 66.5 Å². The third-order valence-corrected chi connectivity index (χ3v) is 9.44. The number of ether oxygens (including phenoxy) is 1. The number of thiophene rings is 1. The molecular weight excluding hydrogens is 594 g/mol. The average molecular weight is 621 g/mol. The minimum absolute atomic E-state index is 0.0124. The number of methoxy groups -OCH3 is 1. The number of nitriles is 1. The van der Waals surface area contributed by atoms with Crippen LogP contribution in [0.5, 0.6) is 0 Å². The monoisotopic (exact) mass is 620 g/mol. The molecule has 5 aromatic rings. The molecule has 0 aliphatic carbocycles. The molecule has 0 spiro atoms. The number of hydrogen-bond donors (Lipinski definition) is 2. The standard InChI is InChI=1S/C30H27ClF2N8OS/c1-14(15-6-5-9-37-26(15)35)40(3)28-17-10-19(31)22(16-7-8-20(32)25-21(16)18(11-34)27(36)43-25)23(33)24(17)38-29(39-28)41-12-30(2,13-41)42-4/h5-10,14H,12-13,36H2,1-4H3,(H2,35,37)/t14-/m1/s1. The molecule has 220 valence electrons. The number of nitrogen functional groups attached to an aromatic ring is 2. The van der Waals surface area contributed by atoms with Crippen LogP contribution in [0.15, 0.2) is 36.5 Å². The molecule has 1 saturated heterocycles. The lowest BCUT2D eigenvalue weighted by Gasteiger charge is -2.47. The third-order valence-electron chi connectivity index (χ3n) is 8.11. The van der Waals surface area contributed by atoms with Gasteiger partial charge >= 0.3 is 0 Å². The largest absolute Gasteiger partial charge is 0.389 e. The lowest BCUT2D eigenvalue weighted by Crippen LogP contribution is -2.61. The van der Waals surface area contributed by atoms with Gasteiger partial charge in [0.05, 0.1) is 34.4 Å². The summed E-state index contributed by atoms with van der Waals surface area (Å²) in [5, 5.41) is 10.6. The van der Waals surface area contributed by atoms with Gasteiger partial charge in [0.25, 0.3) is 0 Å². The summed E-state index contributed by atoms with van der Waals surface area (Å²) in [5.41, 5.74) is 12.9. The summed E-state index contributed by atoms with van der Waals surface area (Å²) >= 11 is 7.74. The van der Waals surface area contributed by atoms with Crippen LogP contribution in [0.4, 0.5) is 31.4 Å². The van der Waals surface area contributed by atoms with Crippen molar-refractivity contribution in [2.24, 2.45) is 0 Å². The molecule has 4 heterocycles. The molecule has 1 fully saturated rings. The first kappa shape index (κ1) is 28.8. The number of benzene rings is 2. The van der Waals surface area contributed by atoms with E-state index in [0.29, 0.717) is 36.1 Å². The van der Waals surface area contributed by atoms with Crippen molar-refractivity contribution in [1.82, 2.24) is 15.0 Å². The van der Waals surface area contributed by atoms with E-state index < -0.39 is 17.2 Å². The van der Waals surface area contributed by atoms with Gasteiger partial charge in [-0.25, -0.2) is 18.7 Å². The highest BCUT2D eigenvalue weighted by Crippen LogP contribution is 2.46. The molecule has 0 amide bonds. The maximum atomic E-state index is 16.8. The minimum atomic E-state index is -0.731. The van der Waals surface area contributed by atoms with E-state index in [-0.39, 0.29) is 48.4 Å². The predicted molar refractivity (Wildman–Crippen MR) is 168 cm³/mol. The van der Waals surface area contributed by atoms with Crippen LogP contribution in [0.3, 0.4) is 0 Å². The lowest BCUT2D eigenvalue weighted by atomic mass is 9.96. The predicted octanol–water partition coefficient (Wildman–Crippen LogP) is 6.30. The molecule has 13 heteroatoms. The van der Waals surface area contributed by atoms with Crippen molar-refractivity contribution in [2.45, 2.75) is 25.5 Å². The van der Waals surface area contributed by atoms with Crippen molar-refractivity contribution in [2.75, 3.05) is 48.5 Å². The molecule has 0 radical (unpaired) electrons. The van der Waals surface area contributed by atoms with Gasteiger partial charge < -0.3 is 26.0 Å². The van der Waals surface area contributed by atoms with E-state index in [4.69, 9.17) is 32.8 Å². The number of anilines is 4. The summed E-state index contributed by atoms with van der Waals surface area (Å²) in [5.74, 6) is -0.189. The fourth-order valence-electron chi connectivity index (χ4n) is 5.54. The first-order valence-corrected chi connectivity index (χ1v) is 14.5. The maximum Gasteiger partial charge on any atom is 0.228 e. The quantitative estimate of drug-likeness (QED) is 0.225. The molecule has 3 aromatic heterocycles. The number of hydrogen-bond acceptors (Lipinski definition) is 10. The van der Waals surface area contributed by atoms with Crippen molar-refractivity contribution in [1.29, 1.82) is 5.26 Å². The van der Waals surface area contributed by atoms with Crippen molar-refractivity contribution in [3.05, 3.63) is 64.3 Å². The van der Waals surface area contributed by atoms with Crippen LogP contribution < -0.4 is 21.3 Å². The summed E-state index contributed by atoms with van der Waals surface area (Å²) in [6.07, 6.45) is 1.61. The molecule has 1 aliphatic rings. The lowest BCUT2D eigenvalue weighted by molar-refractivity contribution is -0.0175. The Balaban J connectivity index is 1.60. The molecule has 0 bridgehead atoms. The van der Waals surface area contributed by atoms with Crippen LogP contribution in [-0.4, -0.2) is 47.8 Å². The van der Waals surface area contributed by atoms with Gasteiger partial charge in [-0.2, -0.15) is 10.2 Å². The Morgan fingerprint density at radius 3 is 2.65 bits per heavy atom. The smallest absolute Gasteiger partial charge is 0.228 e. The molecule has 43 heavy (non-hydrogen) atoms. The number of aromatic nitrogens is 3. The second-order valence-corrected chi connectivity index (χ2v) is 12.3. The zero-order valence-electron chi connectivity index (χ0n) is 23.7. The Bertz CT molecular complexity index is 1970. The first-order valence-electron chi connectivity index (χ1n) is 13.3. The Hall–Kier alpha value is -4.31. The summed E-state index contributed by atoms with van der Waals surface area (Å²) in [4.78, 5) is 17.5. The number of pyridine rings is 1. The summed E-state index contributed by atoms with van der Waals surface area (Å²) in [6.45, 7) is 4.92. The highest BCUT2D eigenvalue weighted by molar-refractivity contribution is 7.23. The van der Waals surface area contributed by atoms with E-state index in [0.717, 1.165) is 16.9 Å². The zero-order chi connectivity index (χ0) is 30.8. The Morgan fingerprint density at radius 1 is 1.23 bits per heavy atom. The van der Waals surface area contributed by atoms with Gasteiger partial charge in [0, 0.05) is 42.3 Å². The summed E-state index contributed by atoms with van der Waals surface area (Å²) in [7, 11) is 3.47. The van der Waals surface area contributed by atoms with E-state index in [1.807, 2.05) is 42.8 Å². The highest BCUT2D eigenvalue weighted by atomic mass is 35.5. The summed E-state index contributed by atoms with van der Waals surface area (Å²) < 4.78 is 37.4. The molecule has 0 saturated carbocycles. The average Bonchev–Trinajstić information content (AvgIpc) is 3.32. The third kappa shape index (κ3) is 4.55. The van der Waals surface area contributed by atoms with E-state index >= 15 is 4.39 Å². The Kier molecular flexibility index (Phi) is 7.00. The number of nitrogens with two attached hydrogens (primary N) is 2. The Labute approximate surface area is 255 Å². The van der Waals surface area contributed by atoms with Gasteiger partial charge in [0.1, 0.15) is 39.6 Å². The first-order chi connectivity index (χ1) is 20.5. The molecule has 9 nitrogen and oxygen atoms in total. The number of nitrogens with zero attached hydrogens (tertiary/aromatic N) is 6. The van der Waals surface area contributed by atoms with E-state index in [1.54, 1.807) is 25.4 Å². The Morgan fingerprint density at radius 2 is 1.98 bits per heavy atom. The van der Waals surface area contributed by atoms with Crippen LogP contribution in [0.2, 0.25) is 5.02 Å². The van der Waals surface area contributed by atoms with Gasteiger partial charge in [0.15, 0.2) is 5.82 Å². The van der Waals surface area contributed by atoms with Crippen LogP contribution in [0, 0.1) is 23.0 Å². The van der Waals surface area contributed by atoms with Gasteiger partial charge in [-0.15, -0.1) is 11.3 Å². The maximum absolute atomic E-state index is 16.8. The van der Waals surface area contributed by atoms with Crippen LogP contribution in [0.1, 0.15) is 31.0 Å². The minimum Gasteiger partial charge on any atom is -0.389 e. The number of fused-ring (bicyclic) bond motifs is 2. The molecule has 1 aliphatic heterocycles. The van der Waals surface area contributed by atoms with E-state index in [9.17, 15) is 9.65 Å². The number of halogens is 3. The normalized spacial score (nSPS) is 15.0. The van der Waals surface area contributed by atoms with Gasteiger partial charge in [0.2, 0.25) is 5.95 Å². The van der Waals surface area contributed by atoms with Gasteiger partial charge in [-0.3, -0.25) is 0 Å². The van der Waals surface area contributed by atoms with Crippen molar-refractivity contribution in [3.63, 3.8) is 0 Å². The summed E-state index contributed by atoms with van der Waals surface area (Å²) in [6, 6.07) is 9.61. The van der Waals surface area contributed by atoms with Gasteiger partial charge in [-0.05, 0) is 37.6 Å². The molecule has 6 rings (SSSR count). The molecule has 2 aromatic carbocycles. The molecule has 1 atom stereocenters. The van der Waals surface area contributed by atoms with Crippen molar-refractivity contribution in [3.8, 4) is 17.2 Å². The van der Waals surface area contributed by atoms with E-state index in [2.05, 4.69) is 9.97 Å². The van der Waals surface area contributed by atoms with Crippen LogP contribution in [0.25, 0.3) is 32.1 Å². The second-order valence-electron chi connectivity index (χ2n) is 10.8. The fourth-order valence-corrected chi connectivity index (χ4v) is 6.78. The molecular formula is C30H27ClF2N8OS. The van der Waals surface area contributed by atoms with Crippen LogP contribution in [-0.2, 0) is 4.74 Å². The second kappa shape index (κ2) is 10.4. The van der Waals surface area contributed by atoms with Crippen LogP contribution >= 0.6 is 22.9 Å². The van der Waals surface area contributed by atoms with Crippen molar-refractivity contribution < 1.29 is 13.5 Å². The highest BCUT2D eigenvalue weighted by Gasteiger charge is 2.41. The molecule has 4 N–H and O–H groups in total. The molecule has 0 unspecified atom stereocenters.